The number of carbonyl (C=O) groups is 1. The van der Waals surface area contributed by atoms with E-state index in [0.717, 1.165) is 29.8 Å². The Hall–Kier alpha value is -2.96. The first-order chi connectivity index (χ1) is 12.7. The van der Waals surface area contributed by atoms with Crippen molar-refractivity contribution in [2.45, 2.75) is 25.8 Å². The van der Waals surface area contributed by atoms with Crippen molar-refractivity contribution < 1.29 is 19.0 Å². The number of carbonyl (C=O) groups excluding carboxylic acids is 1. The SMILES string of the molecule is COc1ccc(C2CCCN2C(=O)Nc2cc3c(cc2C)OCO3)nc1. The van der Waals surface area contributed by atoms with Gasteiger partial charge < -0.3 is 24.4 Å². The molecule has 1 unspecified atom stereocenters. The monoisotopic (exact) mass is 355 g/mol. The number of fused-ring (bicyclic) bond motifs is 1. The van der Waals surface area contributed by atoms with E-state index in [-0.39, 0.29) is 18.9 Å². The molecule has 7 heteroatoms. The van der Waals surface area contributed by atoms with E-state index in [1.165, 1.54) is 0 Å². The first kappa shape index (κ1) is 16.5. The average Bonchev–Trinajstić information content (AvgIpc) is 3.31. The van der Waals surface area contributed by atoms with Gasteiger partial charge in [0.15, 0.2) is 11.5 Å². The Morgan fingerprint density at radius 2 is 2.12 bits per heavy atom. The maximum Gasteiger partial charge on any atom is 0.322 e. The number of aromatic nitrogens is 1. The van der Waals surface area contributed by atoms with E-state index in [4.69, 9.17) is 14.2 Å². The molecule has 0 saturated carbocycles. The lowest BCUT2D eigenvalue weighted by atomic mass is 10.1. The number of likely N-dealkylation sites (tertiary alicyclic amines) is 1. The number of benzene rings is 1. The Balaban J connectivity index is 1.52. The van der Waals surface area contributed by atoms with Crippen molar-refractivity contribution in [2.24, 2.45) is 0 Å². The van der Waals surface area contributed by atoms with Gasteiger partial charge in [-0.15, -0.1) is 0 Å². The molecular formula is C19H21N3O4. The van der Waals surface area contributed by atoms with Gasteiger partial charge in [-0.3, -0.25) is 4.98 Å². The van der Waals surface area contributed by atoms with Gasteiger partial charge in [-0.1, -0.05) is 0 Å². The minimum Gasteiger partial charge on any atom is -0.495 e. The third-order valence-electron chi connectivity index (χ3n) is 4.81. The van der Waals surface area contributed by atoms with Crippen LogP contribution in [0.4, 0.5) is 10.5 Å². The molecule has 7 nitrogen and oxygen atoms in total. The topological polar surface area (TPSA) is 72.9 Å². The standard InChI is InChI=1S/C19H21N3O4/c1-12-8-17-18(26-11-25-17)9-15(12)21-19(23)22-7-3-4-16(22)14-6-5-13(24-2)10-20-14/h5-6,8-10,16H,3-4,7,11H2,1-2H3,(H,21,23). The summed E-state index contributed by atoms with van der Waals surface area (Å²) >= 11 is 0. The normalized spacial score (nSPS) is 18.1. The number of hydrogen-bond donors (Lipinski definition) is 1. The minimum absolute atomic E-state index is 0.0322. The van der Waals surface area contributed by atoms with Crippen LogP contribution in [0.15, 0.2) is 30.5 Å². The molecule has 0 spiro atoms. The smallest absolute Gasteiger partial charge is 0.322 e. The molecule has 0 aliphatic carbocycles. The summed E-state index contributed by atoms with van der Waals surface area (Å²) in [6.45, 7) is 2.85. The highest BCUT2D eigenvalue weighted by atomic mass is 16.7. The molecule has 1 atom stereocenters. The second-order valence-electron chi connectivity index (χ2n) is 6.42. The number of amides is 2. The van der Waals surface area contributed by atoms with Gasteiger partial charge >= 0.3 is 6.03 Å². The number of urea groups is 1. The Bertz CT molecular complexity index is 822. The maximum atomic E-state index is 12.9. The van der Waals surface area contributed by atoms with Gasteiger partial charge in [-0.05, 0) is 43.5 Å². The zero-order valence-corrected chi connectivity index (χ0v) is 14.8. The highest BCUT2D eigenvalue weighted by Gasteiger charge is 2.31. The highest BCUT2D eigenvalue weighted by molar-refractivity contribution is 5.91. The molecule has 26 heavy (non-hydrogen) atoms. The summed E-state index contributed by atoms with van der Waals surface area (Å²) in [7, 11) is 1.61. The van der Waals surface area contributed by atoms with E-state index in [0.29, 0.717) is 23.8 Å². The molecule has 136 valence electrons. The largest absolute Gasteiger partial charge is 0.495 e. The van der Waals surface area contributed by atoms with Gasteiger partial charge in [-0.2, -0.15) is 0 Å². The van der Waals surface area contributed by atoms with Crippen LogP contribution in [0.2, 0.25) is 0 Å². The number of anilines is 1. The average molecular weight is 355 g/mol. The second kappa shape index (κ2) is 6.74. The molecule has 1 aromatic carbocycles. The van der Waals surface area contributed by atoms with Crippen molar-refractivity contribution in [3.05, 3.63) is 41.7 Å². The van der Waals surface area contributed by atoms with Crippen molar-refractivity contribution in [1.82, 2.24) is 9.88 Å². The molecule has 1 aromatic heterocycles. The van der Waals surface area contributed by atoms with Crippen LogP contribution < -0.4 is 19.5 Å². The van der Waals surface area contributed by atoms with Crippen molar-refractivity contribution in [3.63, 3.8) is 0 Å². The van der Waals surface area contributed by atoms with Crippen molar-refractivity contribution >= 4 is 11.7 Å². The molecule has 1 fully saturated rings. The molecule has 3 heterocycles. The van der Waals surface area contributed by atoms with Gasteiger partial charge in [0.25, 0.3) is 0 Å². The minimum atomic E-state index is -0.132. The van der Waals surface area contributed by atoms with Crippen LogP contribution in [0.25, 0.3) is 0 Å². The van der Waals surface area contributed by atoms with Gasteiger partial charge in [0, 0.05) is 18.3 Å². The Morgan fingerprint density at radius 1 is 1.31 bits per heavy atom. The van der Waals surface area contributed by atoms with Gasteiger partial charge in [0.2, 0.25) is 6.79 Å². The number of nitrogens with one attached hydrogen (secondary N) is 1. The van der Waals surface area contributed by atoms with Crippen molar-refractivity contribution in [3.8, 4) is 17.2 Å². The molecule has 2 aliphatic heterocycles. The fourth-order valence-electron chi connectivity index (χ4n) is 3.39. The summed E-state index contributed by atoms with van der Waals surface area (Å²) in [6, 6.07) is 7.32. The number of rotatable bonds is 3. The second-order valence-corrected chi connectivity index (χ2v) is 6.42. The van der Waals surface area contributed by atoms with Gasteiger partial charge in [0.1, 0.15) is 5.75 Å². The fourth-order valence-corrected chi connectivity index (χ4v) is 3.39. The Kier molecular flexibility index (Phi) is 4.28. The molecule has 1 saturated heterocycles. The third-order valence-corrected chi connectivity index (χ3v) is 4.81. The summed E-state index contributed by atoms with van der Waals surface area (Å²) in [6.07, 6.45) is 3.53. The fraction of sp³-hybridized carbons (Fsp3) is 0.368. The van der Waals surface area contributed by atoms with Crippen LogP contribution in [-0.4, -0.2) is 36.4 Å². The van der Waals surface area contributed by atoms with Crippen LogP contribution in [0.1, 0.15) is 30.1 Å². The summed E-state index contributed by atoms with van der Waals surface area (Å²) < 4.78 is 15.9. The lowest BCUT2D eigenvalue weighted by Gasteiger charge is -2.25. The van der Waals surface area contributed by atoms with Gasteiger partial charge in [-0.25, -0.2) is 4.79 Å². The lowest BCUT2D eigenvalue weighted by Crippen LogP contribution is -2.34. The van der Waals surface area contributed by atoms with Crippen molar-refractivity contribution in [2.75, 3.05) is 25.8 Å². The molecule has 2 aromatic rings. The van der Waals surface area contributed by atoms with Crippen LogP contribution in [-0.2, 0) is 0 Å². The lowest BCUT2D eigenvalue weighted by molar-refractivity contribution is 0.174. The van der Waals surface area contributed by atoms with Crippen LogP contribution in [0.3, 0.4) is 0 Å². The number of aryl methyl sites for hydroxylation is 1. The van der Waals surface area contributed by atoms with Crippen LogP contribution >= 0.6 is 0 Å². The van der Waals surface area contributed by atoms with E-state index in [9.17, 15) is 4.79 Å². The van der Waals surface area contributed by atoms with E-state index in [1.807, 2.05) is 36.1 Å². The predicted molar refractivity (Wildman–Crippen MR) is 95.8 cm³/mol. The number of methoxy groups -OCH3 is 1. The van der Waals surface area contributed by atoms with Crippen LogP contribution in [0.5, 0.6) is 17.2 Å². The number of hydrogen-bond acceptors (Lipinski definition) is 5. The molecule has 2 amide bonds. The van der Waals surface area contributed by atoms with Crippen molar-refractivity contribution in [1.29, 1.82) is 0 Å². The highest BCUT2D eigenvalue weighted by Crippen LogP contribution is 2.37. The summed E-state index contributed by atoms with van der Waals surface area (Å²) in [4.78, 5) is 19.1. The molecule has 2 aliphatic rings. The third kappa shape index (κ3) is 3.00. The van der Waals surface area contributed by atoms with Gasteiger partial charge in [0.05, 0.1) is 25.0 Å². The van der Waals surface area contributed by atoms with E-state index in [2.05, 4.69) is 10.3 Å². The number of nitrogens with zero attached hydrogens (tertiary/aromatic N) is 2. The first-order valence-electron chi connectivity index (χ1n) is 8.63. The van der Waals surface area contributed by atoms with E-state index in [1.54, 1.807) is 13.3 Å². The quantitative estimate of drug-likeness (QED) is 0.912. The molecule has 1 N–H and O–H groups in total. The number of pyridine rings is 1. The predicted octanol–water partition coefficient (Wildman–Crippen LogP) is 3.50. The molecule has 4 rings (SSSR count). The maximum absolute atomic E-state index is 12.9. The summed E-state index contributed by atoms with van der Waals surface area (Å²) in [5.74, 6) is 2.07. The van der Waals surface area contributed by atoms with E-state index < -0.39 is 0 Å². The summed E-state index contributed by atoms with van der Waals surface area (Å²) in [5.41, 5.74) is 2.54. The Morgan fingerprint density at radius 3 is 2.85 bits per heavy atom. The first-order valence-corrected chi connectivity index (χ1v) is 8.63. The molecule has 0 radical (unpaired) electrons. The van der Waals surface area contributed by atoms with E-state index >= 15 is 0 Å². The Labute approximate surface area is 151 Å². The zero-order valence-electron chi connectivity index (χ0n) is 14.8. The molecular weight excluding hydrogens is 334 g/mol. The zero-order chi connectivity index (χ0) is 18.1. The molecule has 0 bridgehead atoms. The number of ether oxygens (including phenoxy) is 3. The summed E-state index contributed by atoms with van der Waals surface area (Å²) in [5, 5.41) is 3.00. The van der Waals surface area contributed by atoms with Crippen LogP contribution in [0, 0.1) is 6.92 Å².